The second-order valence-electron chi connectivity index (χ2n) is 2.56. The Hall–Kier alpha value is -1.18. The predicted molar refractivity (Wildman–Crippen MR) is 45.9 cm³/mol. The molecule has 0 N–H and O–H groups in total. The summed E-state index contributed by atoms with van der Waals surface area (Å²) >= 11 is 0. The largest absolute Gasteiger partial charge is 0.296 e. The summed E-state index contributed by atoms with van der Waals surface area (Å²) in [5.74, 6) is 0.154. The van der Waals surface area contributed by atoms with E-state index in [2.05, 4.69) is 4.99 Å². The van der Waals surface area contributed by atoms with Crippen LogP contribution in [0.15, 0.2) is 28.3 Å². The molecular weight excluding hydrogens is 138 g/mol. The van der Waals surface area contributed by atoms with Crippen molar-refractivity contribution in [2.75, 3.05) is 7.05 Å². The summed E-state index contributed by atoms with van der Waals surface area (Å²) in [6.07, 6.45) is 5.91. The summed E-state index contributed by atoms with van der Waals surface area (Å²) in [5.41, 5.74) is 1.85. The summed E-state index contributed by atoms with van der Waals surface area (Å²) in [5, 5.41) is 0. The molecule has 0 bridgehead atoms. The van der Waals surface area contributed by atoms with Gasteiger partial charge in [0.1, 0.15) is 0 Å². The highest BCUT2D eigenvalue weighted by molar-refractivity contribution is 6.14. The van der Waals surface area contributed by atoms with E-state index in [1.165, 1.54) is 0 Å². The van der Waals surface area contributed by atoms with Crippen molar-refractivity contribution in [1.82, 2.24) is 0 Å². The van der Waals surface area contributed by atoms with Gasteiger partial charge in [0.15, 0.2) is 5.78 Å². The van der Waals surface area contributed by atoms with Gasteiger partial charge in [0, 0.05) is 25.3 Å². The number of rotatable bonds is 1. The zero-order chi connectivity index (χ0) is 8.27. The average molecular weight is 149 g/mol. The van der Waals surface area contributed by atoms with E-state index in [0.717, 1.165) is 5.57 Å². The Labute approximate surface area is 66.3 Å². The van der Waals surface area contributed by atoms with E-state index >= 15 is 0 Å². The van der Waals surface area contributed by atoms with Crippen LogP contribution in [0, 0.1) is 0 Å². The molecule has 11 heavy (non-hydrogen) atoms. The maximum atomic E-state index is 11.1. The van der Waals surface area contributed by atoms with E-state index in [9.17, 15) is 4.79 Å². The monoisotopic (exact) mass is 149 g/mol. The van der Waals surface area contributed by atoms with Gasteiger partial charge in [-0.25, -0.2) is 0 Å². The van der Waals surface area contributed by atoms with Crippen LogP contribution >= 0.6 is 0 Å². The Morgan fingerprint density at radius 3 is 3.00 bits per heavy atom. The normalized spacial score (nSPS) is 18.5. The fourth-order valence-electron chi connectivity index (χ4n) is 1.00. The van der Waals surface area contributed by atoms with Gasteiger partial charge in [0.25, 0.3) is 0 Å². The fraction of sp³-hybridized carbons (Fsp3) is 0.333. The molecule has 0 unspecified atom stereocenters. The maximum absolute atomic E-state index is 11.1. The molecule has 0 heterocycles. The third-order valence-corrected chi connectivity index (χ3v) is 1.58. The SMILES string of the molecule is CN=CC1=CC(C)=CCC1=O. The van der Waals surface area contributed by atoms with Gasteiger partial charge >= 0.3 is 0 Å². The molecule has 0 radical (unpaired) electrons. The fourth-order valence-corrected chi connectivity index (χ4v) is 1.00. The molecular formula is C9H11NO. The minimum absolute atomic E-state index is 0.154. The van der Waals surface area contributed by atoms with Gasteiger partial charge < -0.3 is 0 Å². The van der Waals surface area contributed by atoms with Crippen LogP contribution in [-0.2, 0) is 4.79 Å². The first-order chi connectivity index (χ1) is 5.24. The summed E-state index contributed by atoms with van der Waals surface area (Å²) in [6, 6.07) is 0. The molecule has 0 atom stereocenters. The molecule has 0 saturated heterocycles. The minimum atomic E-state index is 0.154. The molecule has 1 aliphatic carbocycles. The molecule has 0 aromatic rings. The molecule has 2 heteroatoms. The van der Waals surface area contributed by atoms with Crippen molar-refractivity contribution in [3.8, 4) is 0 Å². The van der Waals surface area contributed by atoms with E-state index in [1.54, 1.807) is 13.3 Å². The number of Topliss-reactive ketones (excluding diaryl/α,β-unsaturated/α-hetero) is 1. The molecule has 0 aliphatic heterocycles. The first-order valence-electron chi connectivity index (χ1n) is 3.58. The van der Waals surface area contributed by atoms with E-state index < -0.39 is 0 Å². The molecule has 0 spiro atoms. The number of nitrogens with zero attached hydrogens (tertiary/aromatic N) is 1. The smallest absolute Gasteiger partial charge is 0.168 e. The quantitative estimate of drug-likeness (QED) is 0.520. The van der Waals surface area contributed by atoms with Crippen molar-refractivity contribution in [1.29, 1.82) is 0 Å². The van der Waals surface area contributed by atoms with E-state index in [4.69, 9.17) is 0 Å². The van der Waals surface area contributed by atoms with Gasteiger partial charge in [-0.05, 0) is 13.0 Å². The lowest BCUT2D eigenvalue weighted by Crippen LogP contribution is -2.06. The summed E-state index contributed by atoms with van der Waals surface area (Å²) in [4.78, 5) is 14.9. The Bertz CT molecular complexity index is 259. The number of aliphatic imine (C=N–C) groups is 1. The van der Waals surface area contributed by atoms with Crippen LogP contribution in [0.25, 0.3) is 0 Å². The van der Waals surface area contributed by atoms with Gasteiger partial charge in [-0.2, -0.15) is 0 Å². The van der Waals surface area contributed by atoms with Crippen molar-refractivity contribution in [3.63, 3.8) is 0 Å². The Morgan fingerprint density at radius 1 is 1.64 bits per heavy atom. The van der Waals surface area contributed by atoms with Crippen LogP contribution in [0.2, 0.25) is 0 Å². The number of carbonyl (C=O) groups is 1. The van der Waals surface area contributed by atoms with E-state index in [1.807, 2.05) is 19.1 Å². The van der Waals surface area contributed by atoms with Gasteiger partial charge in [-0.1, -0.05) is 11.6 Å². The Morgan fingerprint density at radius 2 is 2.36 bits per heavy atom. The van der Waals surface area contributed by atoms with Crippen LogP contribution in [-0.4, -0.2) is 19.0 Å². The molecule has 0 saturated carbocycles. The number of carbonyl (C=O) groups excluding carboxylic acids is 1. The Kier molecular flexibility index (Phi) is 2.36. The van der Waals surface area contributed by atoms with E-state index in [-0.39, 0.29) is 5.78 Å². The highest BCUT2D eigenvalue weighted by atomic mass is 16.1. The first-order valence-corrected chi connectivity index (χ1v) is 3.58. The van der Waals surface area contributed by atoms with Crippen molar-refractivity contribution in [3.05, 3.63) is 23.3 Å². The van der Waals surface area contributed by atoms with Gasteiger partial charge in [0.2, 0.25) is 0 Å². The van der Waals surface area contributed by atoms with Crippen molar-refractivity contribution < 1.29 is 4.79 Å². The van der Waals surface area contributed by atoms with Crippen molar-refractivity contribution in [2.24, 2.45) is 4.99 Å². The lowest BCUT2D eigenvalue weighted by Gasteiger charge is -2.04. The van der Waals surface area contributed by atoms with Crippen molar-refractivity contribution in [2.45, 2.75) is 13.3 Å². The van der Waals surface area contributed by atoms with E-state index in [0.29, 0.717) is 12.0 Å². The zero-order valence-corrected chi connectivity index (χ0v) is 6.79. The lowest BCUT2D eigenvalue weighted by atomic mass is 10.00. The average Bonchev–Trinajstić information content (AvgIpc) is 1.98. The van der Waals surface area contributed by atoms with Gasteiger partial charge in [-0.3, -0.25) is 9.79 Å². The van der Waals surface area contributed by atoms with Gasteiger partial charge in [-0.15, -0.1) is 0 Å². The minimum Gasteiger partial charge on any atom is -0.296 e. The van der Waals surface area contributed by atoms with Crippen LogP contribution in [0.4, 0.5) is 0 Å². The topological polar surface area (TPSA) is 29.4 Å². The molecule has 0 aromatic carbocycles. The number of hydrogen-bond acceptors (Lipinski definition) is 2. The molecule has 2 nitrogen and oxygen atoms in total. The molecule has 0 fully saturated rings. The number of ketones is 1. The summed E-state index contributed by atoms with van der Waals surface area (Å²) in [6.45, 7) is 1.98. The number of hydrogen-bond donors (Lipinski definition) is 0. The van der Waals surface area contributed by atoms with Crippen LogP contribution in [0.1, 0.15) is 13.3 Å². The molecule has 1 aliphatic rings. The highest BCUT2D eigenvalue weighted by Gasteiger charge is 2.09. The third-order valence-electron chi connectivity index (χ3n) is 1.58. The lowest BCUT2D eigenvalue weighted by molar-refractivity contribution is -0.114. The van der Waals surface area contributed by atoms with Crippen LogP contribution in [0.3, 0.4) is 0 Å². The molecule has 1 rings (SSSR count). The van der Waals surface area contributed by atoms with Crippen LogP contribution in [0.5, 0.6) is 0 Å². The second kappa shape index (κ2) is 3.28. The molecule has 0 amide bonds. The van der Waals surface area contributed by atoms with Crippen molar-refractivity contribution >= 4 is 12.0 Å². The zero-order valence-electron chi connectivity index (χ0n) is 6.79. The predicted octanol–water partition coefficient (Wildman–Crippen LogP) is 1.53. The first kappa shape index (κ1) is 7.92. The highest BCUT2D eigenvalue weighted by Crippen LogP contribution is 2.11. The number of allylic oxidation sites excluding steroid dienone is 4. The molecule has 58 valence electrons. The maximum Gasteiger partial charge on any atom is 0.168 e. The standard InChI is InChI=1S/C9H11NO/c1-7-3-4-9(11)8(5-7)6-10-2/h3,5-6H,4H2,1-2H3. The van der Waals surface area contributed by atoms with Crippen LogP contribution < -0.4 is 0 Å². The Balaban J connectivity index is 2.89. The van der Waals surface area contributed by atoms with Gasteiger partial charge in [0.05, 0.1) is 0 Å². The summed E-state index contributed by atoms with van der Waals surface area (Å²) in [7, 11) is 1.67. The second-order valence-corrected chi connectivity index (χ2v) is 2.56. The molecule has 0 aromatic heterocycles. The third kappa shape index (κ3) is 1.87. The summed E-state index contributed by atoms with van der Waals surface area (Å²) < 4.78 is 0.